The highest BCUT2D eigenvalue weighted by molar-refractivity contribution is 7.14. The third-order valence-electron chi connectivity index (χ3n) is 2.45. The topological polar surface area (TPSA) is 77.2 Å². The molecule has 19 heavy (non-hydrogen) atoms. The number of nitrogen functional groups attached to an aromatic ring is 1. The summed E-state index contributed by atoms with van der Waals surface area (Å²) in [4.78, 5) is 16.9. The first-order valence-electron chi connectivity index (χ1n) is 5.43. The van der Waals surface area contributed by atoms with Gasteiger partial charge in [0, 0.05) is 22.7 Å². The smallest absolute Gasteiger partial charge is 0.275 e. The number of hydrogen-bond acceptors (Lipinski definition) is 5. The lowest BCUT2D eigenvalue weighted by Gasteiger charge is -2.05. The standard InChI is InChI=1S/C12H12ClN3O2S/c1-7-8(2-11(19-7)12(17)16-14)6-18-10-3-9(13)4-15-5-10/h2-5H,6,14H2,1H3,(H,16,17). The Morgan fingerprint density at radius 3 is 3.00 bits per heavy atom. The lowest BCUT2D eigenvalue weighted by atomic mass is 10.2. The van der Waals surface area contributed by atoms with Gasteiger partial charge in [0.25, 0.3) is 5.91 Å². The van der Waals surface area contributed by atoms with E-state index in [1.165, 1.54) is 17.5 Å². The first kappa shape index (κ1) is 13.8. The number of halogens is 1. The Morgan fingerprint density at radius 2 is 2.32 bits per heavy atom. The molecule has 0 aliphatic heterocycles. The number of aryl methyl sites for hydroxylation is 1. The second kappa shape index (κ2) is 6.01. The van der Waals surface area contributed by atoms with Crippen molar-refractivity contribution in [1.29, 1.82) is 0 Å². The van der Waals surface area contributed by atoms with Crippen molar-refractivity contribution >= 4 is 28.8 Å². The maximum absolute atomic E-state index is 11.4. The summed E-state index contributed by atoms with van der Waals surface area (Å²) in [7, 11) is 0. The fourth-order valence-electron chi connectivity index (χ4n) is 1.48. The molecule has 2 heterocycles. The number of nitrogens with zero attached hydrogens (tertiary/aromatic N) is 1. The Balaban J connectivity index is 2.07. The van der Waals surface area contributed by atoms with E-state index in [9.17, 15) is 4.79 Å². The van der Waals surface area contributed by atoms with E-state index < -0.39 is 0 Å². The first-order valence-corrected chi connectivity index (χ1v) is 6.63. The van der Waals surface area contributed by atoms with Gasteiger partial charge in [0.1, 0.15) is 12.4 Å². The molecule has 0 aliphatic carbocycles. The Labute approximate surface area is 119 Å². The molecule has 2 rings (SSSR count). The predicted octanol–water partition coefficient (Wildman–Crippen LogP) is 2.29. The van der Waals surface area contributed by atoms with Crippen LogP contribution in [0.3, 0.4) is 0 Å². The van der Waals surface area contributed by atoms with Crippen LogP contribution in [0.1, 0.15) is 20.1 Å². The van der Waals surface area contributed by atoms with Gasteiger partial charge < -0.3 is 4.74 Å². The van der Waals surface area contributed by atoms with Crippen LogP contribution in [0.15, 0.2) is 24.5 Å². The molecule has 0 saturated heterocycles. The molecule has 3 N–H and O–H groups in total. The van der Waals surface area contributed by atoms with Crippen LogP contribution in [0.25, 0.3) is 0 Å². The van der Waals surface area contributed by atoms with Crippen LogP contribution < -0.4 is 16.0 Å². The van der Waals surface area contributed by atoms with Crippen LogP contribution in [0.5, 0.6) is 5.75 Å². The van der Waals surface area contributed by atoms with Gasteiger partial charge >= 0.3 is 0 Å². The zero-order chi connectivity index (χ0) is 13.8. The minimum Gasteiger partial charge on any atom is -0.487 e. The second-order valence-corrected chi connectivity index (χ2v) is 5.49. The number of pyridine rings is 1. The average molecular weight is 298 g/mol. The zero-order valence-corrected chi connectivity index (χ0v) is 11.7. The average Bonchev–Trinajstić information content (AvgIpc) is 2.77. The predicted molar refractivity (Wildman–Crippen MR) is 74.3 cm³/mol. The SMILES string of the molecule is Cc1sc(C(=O)NN)cc1COc1cncc(Cl)c1. The van der Waals surface area contributed by atoms with Crippen molar-refractivity contribution < 1.29 is 9.53 Å². The third-order valence-corrected chi connectivity index (χ3v) is 3.75. The van der Waals surface area contributed by atoms with Crippen LogP contribution in [-0.2, 0) is 6.61 Å². The number of carbonyl (C=O) groups is 1. The maximum Gasteiger partial charge on any atom is 0.275 e. The van der Waals surface area contributed by atoms with Gasteiger partial charge in [-0.25, -0.2) is 5.84 Å². The van der Waals surface area contributed by atoms with E-state index in [4.69, 9.17) is 22.2 Å². The summed E-state index contributed by atoms with van der Waals surface area (Å²) in [5, 5.41) is 0.516. The largest absolute Gasteiger partial charge is 0.487 e. The number of aromatic nitrogens is 1. The number of nitrogens with two attached hydrogens (primary N) is 1. The van der Waals surface area contributed by atoms with Gasteiger partial charge in [0.05, 0.1) is 16.1 Å². The normalized spacial score (nSPS) is 10.3. The fourth-order valence-corrected chi connectivity index (χ4v) is 2.57. The molecule has 0 saturated carbocycles. The molecule has 0 radical (unpaired) electrons. The lowest BCUT2D eigenvalue weighted by Crippen LogP contribution is -2.29. The van der Waals surface area contributed by atoms with Crippen molar-refractivity contribution in [3.63, 3.8) is 0 Å². The molecule has 5 nitrogen and oxygen atoms in total. The molecule has 100 valence electrons. The monoisotopic (exact) mass is 297 g/mol. The van der Waals surface area contributed by atoms with E-state index >= 15 is 0 Å². The summed E-state index contributed by atoms with van der Waals surface area (Å²) >= 11 is 7.19. The van der Waals surface area contributed by atoms with Gasteiger partial charge in [-0.15, -0.1) is 11.3 Å². The van der Waals surface area contributed by atoms with E-state index in [0.29, 0.717) is 22.3 Å². The minimum absolute atomic E-state index is 0.302. The highest BCUT2D eigenvalue weighted by Crippen LogP contribution is 2.23. The molecule has 2 aromatic heterocycles. The molecule has 2 aromatic rings. The molecule has 0 unspecified atom stereocenters. The number of hydrogen-bond donors (Lipinski definition) is 2. The highest BCUT2D eigenvalue weighted by atomic mass is 35.5. The van der Waals surface area contributed by atoms with Gasteiger partial charge in [0.15, 0.2) is 0 Å². The Kier molecular flexibility index (Phi) is 4.36. The highest BCUT2D eigenvalue weighted by Gasteiger charge is 2.11. The van der Waals surface area contributed by atoms with Crippen LogP contribution in [0.4, 0.5) is 0 Å². The number of amides is 1. The molecule has 0 aromatic carbocycles. The number of thiophene rings is 1. The number of nitrogens with one attached hydrogen (secondary N) is 1. The Morgan fingerprint density at radius 1 is 1.53 bits per heavy atom. The second-order valence-electron chi connectivity index (χ2n) is 3.79. The van der Waals surface area contributed by atoms with E-state index in [0.717, 1.165) is 10.4 Å². The van der Waals surface area contributed by atoms with E-state index in [2.05, 4.69) is 10.4 Å². The summed E-state index contributed by atoms with van der Waals surface area (Å²) < 4.78 is 5.58. The van der Waals surface area contributed by atoms with E-state index in [-0.39, 0.29) is 5.91 Å². The Hall–Kier alpha value is -1.63. The van der Waals surface area contributed by atoms with Crippen molar-refractivity contribution in [2.75, 3.05) is 0 Å². The van der Waals surface area contributed by atoms with Crippen molar-refractivity contribution in [1.82, 2.24) is 10.4 Å². The number of ether oxygens (including phenoxy) is 1. The van der Waals surface area contributed by atoms with Gasteiger partial charge in [-0.05, 0) is 13.0 Å². The Bertz CT molecular complexity index is 600. The van der Waals surface area contributed by atoms with Gasteiger partial charge in [-0.2, -0.15) is 0 Å². The van der Waals surface area contributed by atoms with E-state index in [1.54, 1.807) is 18.3 Å². The first-order chi connectivity index (χ1) is 9.10. The third kappa shape index (κ3) is 3.44. The van der Waals surface area contributed by atoms with E-state index in [1.807, 2.05) is 6.92 Å². The summed E-state index contributed by atoms with van der Waals surface area (Å²) in [6.45, 7) is 2.27. The molecule has 0 atom stereocenters. The zero-order valence-electron chi connectivity index (χ0n) is 10.1. The number of carbonyl (C=O) groups excluding carboxylic acids is 1. The maximum atomic E-state index is 11.4. The summed E-state index contributed by atoms with van der Waals surface area (Å²) in [6.07, 6.45) is 3.12. The van der Waals surface area contributed by atoms with Gasteiger partial charge in [0.2, 0.25) is 0 Å². The van der Waals surface area contributed by atoms with Crippen LogP contribution in [-0.4, -0.2) is 10.9 Å². The minimum atomic E-state index is -0.302. The summed E-state index contributed by atoms with van der Waals surface area (Å²) in [5.41, 5.74) is 3.04. The number of hydrazine groups is 1. The molecule has 0 bridgehead atoms. The molecule has 0 aliphatic rings. The molecular weight excluding hydrogens is 286 g/mol. The van der Waals surface area contributed by atoms with Crippen LogP contribution >= 0.6 is 22.9 Å². The van der Waals surface area contributed by atoms with Gasteiger partial charge in [-0.1, -0.05) is 11.6 Å². The quantitative estimate of drug-likeness (QED) is 0.516. The molecule has 1 amide bonds. The number of rotatable bonds is 4. The van der Waals surface area contributed by atoms with Crippen LogP contribution in [0, 0.1) is 6.92 Å². The molecular formula is C12H12ClN3O2S. The van der Waals surface area contributed by atoms with Crippen molar-refractivity contribution in [3.8, 4) is 5.75 Å². The molecule has 0 spiro atoms. The van der Waals surface area contributed by atoms with Gasteiger partial charge in [-0.3, -0.25) is 15.2 Å². The summed E-state index contributed by atoms with van der Waals surface area (Å²) in [6, 6.07) is 3.45. The molecule has 7 heteroatoms. The summed E-state index contributed by atoms with van der Waals surface area (Å²) in [5.74, 6) is 5.38. The van der Waals surface area contributed by atoms with Crippen molar-refractivity contribution in [2.45, 2.75) is 13.5 Å². The van der Waals surface area contributed by atoms with Crippen LogP contribution in [0.2, 0.25) is 5.02 Å². The van der Waals surface area contributed by atoms with Crippen molar-refractivity contribution in [3.05, 3.63) is 44.9 Å². The molecule has 0 fully saturated rings. The van der Waals surface area contributed by atoms with Crippen molar-refractivity contribution in [2.24, 2.45) is 5.84 Å². The lowest BCUT2D eigenvalue weighted by molar-refractivity contribution is 0.0957. The fraction of sp³-hybridized carbons (Fsp3) is 0.167.